The Labute approximate surface area is 431 Å². The van der Waals surface area contributed by atoms with Crippen molar-refractivity contribution in [1.82, 2.24) is 9.13 Å². The number of hydrogen-bond donors (Lipinski definition) is 0. The molecule has 0 aliphatic carbocycles. The van der Waals surface area contributed by atoms with Crippen molar-refractivity contribution in [2.24, 2.45) is 0 Å². The van der Waals surface area contributed by atoms with Crippen LogP contribution in [0, 0.1) is 13.8 Å². The summed E-state index contributed by atoms with van der Waals surface area (Å²) in [6.45, 7) is 12.1. The van der Waals surface area contributed by atoms with Crippen molar-refractivity contribution in [2.75, 3.05) is 4.90 Å². The van der Waals surface area contributed by atoms with Crippen molar-refractivity contribution in [3.05, 3.63) is 229 Å². The Morgan fingerprint density at radius 1 is 0.411 bits per heavy atom. The average molecular weight is 999 g/mol. The van der Waals surface area contributed by atoms with E-state index in [9.17, 15) is 0 Å². The number of rotatable bonds is 5. The third-order valence-corrected chi connectivity index (χ3v) is 24.4. The Balaban J connectivity index is 1.14. The van der Waals surface area contributed by atoms with Gasteiger partial charge in [0, 0.05) is 0 Å². The van der Waals surface area contributed by atoms with Crippen LogP contribution in [0.5, 0.6) is 0 Å². The zero-order valence-corrected chi connectivity index (χ0v) is 44.7. The molecule has 3 nitrogen and oxygen atoms in total. The van der Waals surface area contributed by atoms with Gasteiger partial charge in [-0.15, -0.1) is 0 Å². The second-order valence-electron chi connectivity index (χ2n) is 22.1. The number of benzene rings is 10. The molecule has 5 heteroatoms. The van der Waals surface area contributed by atoms with Crippen LogP contribution in [-0.2, 0) is 5.41 Å². The van der Waals surface area contributed by atoms with E-state index in [0.29, 0.717) is 0 Å². The van der Waals surface area contributed by atoms with Crippen LogP contribution in [0.3, 0.4) is 0 Å². The van der Waals surface area contributed by atoms with E-state index in [1.807, 2.05) is 0 Å². The quantitative estimate of drug-likeness (QED) is 0.157. The number of anilines is 3. The first-order valence-electron chi connectivity index (χ1n) is 26.0. The summed E-state index contributed by atoms with van der Waals surface area (Å²) in [5.74, 6) is 5.37. The molecule has 0 amide bonds. The van der Waals surface area contributed by atoms with Gasteiger partial charge in [-0.2, -0.15) is 0 Å². The summed E-state index contributed by atoms with van der Waals surface area (Å²) in [6.07, 6.45) is 0. The van der Waals surface area contributed by atoms with Gasteiger partial charge >= 0.3 is 434 Å². The summed E-state index contributed by atoms with van der Waals surface area (Å²) in [5.41, 5.74) is 24.2. The molecule has 12 aromatic rings. The third kappa shape index (κ3) is 6.32. The van der Waals surface area contributed by atoms with E-state index in [0.717, 1.165) is 0 Å². The molecule has 0 N–H and O–H groups in total. The zero-order chi connectivity index (χ0) is 49.5. The second-order valence-corrected chi connectivity index (χ2v) is 31.1. The van der Waals surface area contributed by atoms with Crippen molar-refractivity contribution in [1.29, 1.82) is 0 Å². The fraction of sp³-hybridized carbons (Fsp3) is 0.118. The molecule has 0 radical (unpaired) electrons. The van der Waals surface area contributed by atoms with Crippen molar-refractivity contribution < 1.29 is 0 Å². The van der Waals surface area contributed by atoms with Crippen LogP contribution in [0.15, 0.2) is 212 Å². The maximum atomic E-state index is 2.75. The first-order chi connectivity index (χ1) is 35.5. The standard InChI is InChI=1S/C68H56BGeN3/c1-43-57(71-59-33-18-14-27-50(59)51-28-15-19-34-60(51)71)39-37-54-65(43)70(6,7)56-41-47(68(3,4)5)42-63-64(56)69(54)55-38-40-58(72-61-35-20-16-29-52(61)53-30-17-21-36-62(53)72)44(2)66(55)73(63)67-48(45-23-10-8-11-24-45)31-22-32-49(67)46-25-12-9-13-26-46/h8-42H,1-7H3. The Hall–Kier alpha value is -7.79. The molecule has 0 saturated heterocycles. The molecule has 0 spiro atoms. The molecule has 0 bridgehead atoms. The molecule has 14 rings (SSSR count). The number of para-hydroxylation sites is 5. The zero-order valence-electron chi connectivity index (χ0n) is 42.6. The molecule has 350 valence electrons. The Morgan fingerprint density at radius 2 is 0.849 bits per heavy atom. The Bertz CT molecular complexity index is 4080. The molecule has 0 atom stereocenters. The van der Waals surface area contributed by atoms with Crippen molar-refractivity contribution in [3.63, 3.8) is 0 Å². The van der Waals surface area contributed by atoms with Crippen LogP contribution in [0.4, 0.5) is 17.1 Å². The summed E-state index contributed by atoms with van der Waals surface area (Å²) in [5, 5.41) is 5.12. The fourth-order valence-electron chi connectivity index (χ4n) is 13.4. The molecule has 2 aliphatic rings. The van der Waals surface area contributed by atoms with E-state index in [-0.39, 0.29) is 12.1 Å². The van der Waals surface area contributed by atoms with Crippen LogP contribution in [-0.4, -0.2) is 29.1 Å². The van der Waals surface area contributed by atoms with E-state index >= 15 is 0 Å². The van der Waals surface area contributed by atoms with Gasteiger partial charge in [0.05, 0.1) is 0 Å². The minimum absolute atomic E-state index is 0.0137. The number of fused-ring (bicyclic) bond motifs is 10. The summed E-state index contributed by atoms with van der Waals surface area (Å²) in [7, 11) is 0. The SMILES string of the molecule is Cc1c(-n2c3ccccc3c3ccccc32)ccc2c1N(c1c(-c3ccccc3)cccc1-c1ccccc1)c1cc(C(C)(C)C)c[c]3c1B2c1ccc(-n2c4ccccc4c4ccccc42)c(C)[c]1[Ge]3([CH3])[CH3]. The summed E-state index contributed by atoms with van der Waals surface area (Å²) >= 11 is -3.25. The van der Waals surface area contributed by atoms with Gasteiger partial charge < -0.3 is 0 Å². The summed E-state index contributed by atoms with van der Waals surface area (Å²) in [4.78, 5) is 2.75. The van der Waals surface area contributed by atoms with Gasteiger partial charge in [-0.3, -0.25) is 0 Å². The number of hydrogen-bond acceptors (Lipinski definition) is 1. The normalized spacial score (nSPS) is 13.7. The molecule has 73 heavy (non-hydrogen) atoms. The molecule has 0 saturated carbocycles. The van der Waals surface area contributed by atoms with E-state index in [2.05, 4.69) is 272 Å². The van der Waals surface area contributed by atoms with E-state index < -0.39 is 13.3 Å². The third-order valence-electron chi connectivity index (χ3n) is 16.7. The van der Waals surface area contributed by atoms with Gasteiger partial charge in [-0.25, -0.2) is 0 Å². The molecule has 0 unspecified atom stereocenters. The predicted octanol–water partition coefficient (Wildman–Crippen LogP) is 14.6. The van der Waals surface area contributed by atoms with Crippen LogP contribution < -0.4 is 30.1 Å². The van der Waals surface area contributed by atoms with Crippen molar-refractivity contribution >= 4 is 106 Å². The van der Waals surface area contributed by atoms with Gasteiger partial charge in [0.25, 0.3) is 0 Å². The van der Waals surface area contributed by atoms with Gasteiger partial charge in [-0.05, 0) is 0 Å². The van der Waals surface area contributed by atoms with Gasteiger partial charge in [0.1, 0.15) is 0 Å². The van der Waals surface area contributed by atoms with E-state index in [4.69, 9.17) is 0 Å². The number of nitrogens with zero attached hydrogens (tertiary/aromatic N) is 3. The van der Waals surface area contributed by atoms with Gasteiger partial charge in [-0.1, -0.05) is 0 Å². The first-order valence-corrected chi connectivity index (χ1v) is 32.3. The van der Waals surface area contributed by atoms with E-state index in [1.165, 1.54) is 127 Å². The second kappa shape index (κ2) is 16.1. The minimum atomic E-state index is -3.25. The number of aromatic nitrogens is 2. The molecule has 2 aromatic heterocycles. The average Bonchev–Trinajstić information content (AvgIpc) is 3.93. The van der Waals surface area contributed by atoms with Crippen LogP contribution in [0.25, 0.3) is 77.2 Å². The fourth-order valence-corrected chi connectivity index (χ4v) is 21.3. The predicted molar refractivity (Wildman–Crippen MR) is 317 cm³/mol. The molecule has 2 aliphatic heterocycles. The van der Waals surface area contributed by atoms with Crippen LogP contribution >= 0.6 is 0 Å². The van der Waals surface area contributed by atoms with E-state index in [1.54, 1.807) is 8.79 Å². The molecular weight excluding hydrogens is 942 g/mol. The van der Waals surface area contributed by atoms with Crippen LogP contribution in [0.1, 0.15) is 37.5 Å². The van der Waals surface area contributed by atoms with Gasteiger partial charge in [0.15, 0.2) is 0 Å². The van der Waals surface area contributed by atoms with Gasteiger partial charge in [0.2, 0.25) is 0 Å². The Morgan fingerprint density at radius 3 is 1.33 bits per heavy atom. The molecule has 10 aromatic carbocycles. The van der Waals surface area contributed by atoms with Crippen LogP contribution in [0.2, 0.25) is 11.5 Å². The topological polar surface area (TPSA) is 13.1 Å². The molecular formula is C68H56BGeN3. The first kappa shape index (κ1) is 44.0. The summed E-state index contributed by atoms with van der Waals surface area (Å²) in [6, 6.07) is 80.2. The molecule has 4 heterocycles. The Kier molecular flexibility index (Phi) is 9.70. The maximum absolute atomic E-state index is 3.25. The van der Waals surface area contributed by atoms with Crippen molar-refractivity contribution in [3.8, 4) is 33.6 Å². The monoisotopic (exact) mass is 999 g/mol. The summed E-state index contributed by atoms with van der Waals surface area (Å²) < 4.78 is 8.27. The molecule has 0 fully saturated rings. The van der Waals surface area contributed by atoms with Crippen molar-refractivity contribution in [2.45, 2.75) is 51.5 Å².